The molecule has 1 aromatic rings. The van der Waals surface area contributed by atoms with Crippen molar-refractivity contribution in [1.29, 1.82) is 0 Å². The van der Waals surface area contributed by atoms with Crippen LogP contribution in [-0.4, -0.2) is 18.0 Å². The minimum atomic E-state index is -0.0632. The first-order chi connectivity index (χ1) is 8.10. The van der Waals surface area contributed by atoms with Gasteiger partial charge in [-0.15, -0.1) is 11.8 Å². The molecule has 1 N–H and O–H groups in total. The Labute approximate surface area is 112 Å². The minimum Gasteiger partial charge on any atom is -0.355 e. The Balaban J connectivity index is 3.16. The van der Waals surface area contributed by atoms with E-state index in [4.69, 9.17) is 0 Å². The van der Waals surface area contributed by atoms with Crippen LogP contribution in [-0.2, 0) is 4.79 Å². The van der Waals surface area contributed by atoms with Gasteiger partial charge in [0.05, 0.1) is 4.91 Å². The standard InChI is InChI=1S/C13H17NOS2/c1-9-5-4-6-10(2)11(9)7-12(17-8-16)13(15)14-3/h4-7,16H,8H2,1-3H3,(H,14,15)/b12-7-. The topological polar surface area (TPSA) is 29.1 Å². The van der Waals surface area contributed by atoms with Gasteiger partial charge in [0, 0.05) is 12.1 Å². The van der Waals surface area contributed by atoms with E-state index in [-0.39, 0.29) is 5.91 Å². The molecule has 0 saturated carbocycles. The molecule has 4 heteroatoms. The lowest BCUT2D eigenvalue weighted by molar-refractivity contribution is -0.116. The van der Waals surface area contributed by atoms with Crippen molar-refractivity contribution < 1.29 is 4.79 Å². The molecule has 1 rings (SSSR count). The Hall–Kier alpha value is -0.870. The number of carbonyl (C=O) groups is 1. The Bertz CT molecular complexity index is 421. The van der Waals surface area contributed by atoms with E-state index in [0.717, 1.165) is 5.56 Å². The van der Waals surface area contributed by atoms with E-state index in [1.54, 1.807) is 7.05 Å². The first-order valence-electron chi connectivity index (χ1n) is 5.33. The maximum absolute atomic E-state index is 11.7. The van der Waals surface area contributed by atoms with Crippen LogP contribution in [0, 0.1) is 13.8 Å². The summed E-state index contributed by atoms with van der Waals surface area (Å²) in [7, 11) is 1.64. The van der Waals surface area contributed by atoms with E-state index >= 15 is 0 Å². The van der Waals surface area contributed by atoms with Gasteiger partial charge in [0.15, 0.2) is 0 Å². The van der Waals surface area contributed by atoms with Crippen LogP contribution in [0.3, 0.4) is 0 Å². The molecule has 0 spiro atoms. The predicted octanol–water partition coefficient (Wildman–Crippen LogP) is 3.01. The van der Waals surface area contributed by atoms with Gasteiger partial charge in [-0.3, -0.25) is 4.79 Å². The van der Waals surface area contributed by atoms with Gasteiger partial charge in [-0.2, -0.15) is 12.6 Å². The molecular formula is C13H17NOS2. The van der Waals surface area contributed by atoms with E-state index in [1.165, 1.54) is 22.9 Å². The third-order valence-corrected chi connectivity index (χ3v) is 3.62. The van der Waals surface area contributed by atoms with Crippen molar-refractivity contribution in [3.8, 4) is 0 Å². The molecule has 0 bridgehead atoms. The number of nitrogens with one attached hydrogen (secondary N) is 1. The highest BCUT2D eigenvalue weighted by atomic mass is 32.2. The molecule has 0 unspecified atom stereocenters. The average molecular weight is 267 g/mol. The predicted molar refractivity (Wildman–Crippen MR) is 79.4 cm³/mol. The van der Waals surface area contributed by atoms with Gasteiger partial charge in [-0.1, -0.05) is 18.2 Å². The van der Waals surface area contributed by atoms with Crippen molar-refractivity contribution in [1.82, 2.24) is 5.32 Å². The number of likely N-dealkylation sites (N-methyl/N-ethyl adjacent to an activating group) is 1. The molecule has 0 heterocycles. The zero-order valence-corrected chi connectivity index (χ0v) is 12.0. The van der Waals surface area contributed by atoms with Crippen molar-refractivity contribution in [2.75, 3.05) is 12.1 Å². The summed E-state index contributed by atoms with van der Waals surface area (Å²) in [6.45, 7) is 4.09. The van der Waals surface area contributed by atoms with Crippen LogP contribution < -0.4 is 5.32 Å². The second-order valence-electron chi connectivity index (χ2n) is 3.67. The summed E-state index contributed by atoms with van der Waals surface area (Å²) in [4.78, 5) is 12.4. The third kappa shape index (κ3) is 3.82. The Kier molecular flexibility index (Phi) is 5.65. The van der Waals surface area contributed by atoms with Crippen molar-refractivity contribution in [3.63, 3.8) is 0 Å². The summed E-state index contributed by atoms with van der Waals surface area (Å²) in [5, 5.41) is 3.23. The van der Waals surface area contributed by atoms with Crippen molar-refractivity contribution in [2.24, 2.45) is 0 Å². The Morgan fingerprint density at radius 3 is 2.47 bits per heavy atom. The van der Waals surface area contributed by atoms with E-state index in [1.807, 2.05) is 38.1 Å². The van der Waals surface area contributed by atoms with E-state index in [2.05, 4.69) is 17.9 Å². The molecule has 0 aromatic heterocycles. The first-order valence-corrected chi connectivity index (χ1v) is 6.95. The first kappa shape index (κ1) is 14.2. The number of thiol groups is 1. The summed E-state index contributed by atoms with van der Waals surface area (Å²) in [6, 6.07) is 6.12. The average Bonchev–Trinajstić information content (AvgIpc) is 2.31. The van der Waals surface area contributed by atoms with E-state index in [9.17, 15) is 4.79 Å². The summed E-state index contributed by atoms with van der Waals surface area (Å²) < 4.78 is 0. The van der Waals surface area contributed by atoms with Crippen molar-refractivity contribution in [3.05, 3.63) is 39.8 Å². The summed E-state index contributed by atoms with van der Waals surface area (Å²) in [5.41, 5.74) is 3.46. The molecule has 0 fully saturated rings. The number of rotatable bonds is 4. The highest BCUT2D eigenvalue weighted by Crippen LogP contribution is 2.23. The van der Waals surface area contributed by atoms with Gasteiger partial charge in [0.1, 0.15) is 0 Å². The van der Waals surface area contributed by atoms with Crippen LogP contribution in [0.4, 0.5) is 0 Å². The van der Waals surface area contributed by atoms with E-state index < -0.39 is 0 Å². The minimum absolute atomic E-state index is 0.0632. The number of aryl methyl sites for hydroxylation is 2. The van der Waals surface area contributed by atoms with Crippen LogP contribution in [0.15, 0.2) is 23.1 Å². The molecule has 0 saturated heterocycles. The second kappa shape index (κ2) is 6.77. The highest BCUT2D eigenvalue weighted by Gasteiger charge is 2.09. The van der Waals surface area contributed by atoms with Gasteiger partial charge in [0.25, 0.3) is 5.91 Å². The highest BCUT2D eigenvalue weighted by molar-refractivity contribution is 8.12. The number of thioether (sulfide) groups is 1. The van der Waals surface area contributed by atoms with Gasteiger partial charge < -0.3 is 5.32 Å². The molecule has 1 amide bonds. The third-order valence-electron chi connectivity index (χ3n) is 2.49. The van der Waals surface area contributed by atoms with Crippen LogP contribution >= 0.6 is 24.4 Å². The monoisotopic (exact) mass is 267 g/mol. The molecule has 0 aliphatic rings. The quantitative estimate of drug-likeness (QED) is 0.499. The summed E-state index contributed by atoms with van der Waals surface area (Å²) in [6.07, 6.45) is 1.93. The molecule has 92 valence electrons. The Morgan fingerprint density at radius 1 is 1.41 bits per heavy atom. The molecule has 1 aromatic carbocycles. The van der Waals surface area contributed by atoms with Gasteiger partial charge in [-0.25, -0.2) is 0 Å². The molecule has 0 radical (unpaired) electrons. The number of hydrogen-bond donors (Lipinski definition) is 2. The fourth-order valence-electron chi connectivity index (χ4n) is 1.55. The van der Waals surface area contributed by atoms with Crippen LogP contribution in [0.5, 0.6) is 0 Å². The van der Waals surface area contributed by atoms with Crippen LogP contribution in [0.1, 0.15) is 16.7 Å². The van der Waals surface area contributed by atoms with Crippen molar-refractivity contribution >= 4 is 36.4 Å². The largest absolute Gasteiger partial charge is 0.355 e. The van der Waals surface area contributed by atoms with Crippen LogP contribution in [0.2, 0.25) is 0 Å². The van der Waals surface area contributed by atoms with Gasteiger partial charge >= 0.3 is 0 Å². The van der Waals surface area contributed by atoms with E-state index in [0.29, 0.717) is 9.99 Å². The van der Waals surface area contributed by atoms with Gasteiger partial charge in [-0.05, 0) is 36.6 Å². The normalized spacial score (nSPS) is 11.4. The maximum Gasteiger partial charge on any atom is 0.257 e. The zero-order valence-electron chi connectivity index (χ0n) is 10.3. The lowest BCUT2D eigenvalue weighted by Gasteiger charge is -2.08. The maximum atomic E-state index is 11.7. The number of benzene rings is 1. The van der Waals surface area contributed by atoms with Crippen LogP contribution in [0.25, 0.3) is 6.08 Å². The number of amides is 1. The van der Waals surface area contributed by atoms with Gasteiger partial charge in [0.2, 0.25) is 0 Å². The molecular weight excluding hydrogens is 250 g/mol. The number of hydrogen-bond acceptors (Lipinski definition) is 3. The smallest absolute Gasteiger partial charge is 0.257 e. The Morgan fingerprint density at radius 2 is 2.00 bits per heavy atom. The SMILES string of the molecule is CNC(=O)/C(=C/c1c(C)cccc1C)SCS. The van der Waals surface area contributed by atoms with Crippen molar-refractivity contribution in [2.45, 2.75) is 13.8 Å². The molecule has 0 atom stereocenters. The fourth-order valence-corrected chi connectivity index (χ4v) is 2.54. The number of carbonyl (C=O) groups excluding carboxylic acids is 1. The fraction of sp³-hybridized carbons (Fsp3) is 0.308. The lowest BCUT2D eigenvalue weighted by Crippen LogP contribution is -2.18. The second-order valence-corrected chi connectivity index (χ2v) is 5.43. The lowest BCUT2D eigenvalue weighted by atomic mass is 10.0. The molecule has 0 aliphatic carbocycles. The molecule has 2 nitrogen and oxygen atoms in total. The summed E-state index contributed by atoms with van der Waals surface area (Å²) >= 11 is 5.59. The summed E-state index contributed by atoms with van der Waals surface area (Å²) in [5.74, 6) is -0.0632. The molecule has 0 aliphatic heterocycles. The zero-order chi connectivity index (χ0) is 12.8. The molecule has 17 heavy (non-hydrogen) atoms.